The number of rotatable bonds is 3. The molecule has 0 bridgehead atoms. The molecule has 2 aromatic rings. The van der Waals surface area contributed by atoms with Gasteiger partial charge in [0.25, 0.3) is 5.56 Å². The number of allylic oxidation sites excluding steroid dienone is 1. The second-order valence-corrected chi connectivity index (χ2v) is 5.53. The third kappa shape index (κ3) is 2.69. The van der Waals surface area contributed by atoms with Crippen LogP contribution in [0.4, 0.5) is 0 Å². The van der Waals surface area contributed by atoms with Gasteiger partial charge in [0.15, 0.2) is 5.76 Å². The van der Waals surface area contributed by atoms with Gasteiger partial charge in [-0.2, -0.15) is 0 Å². The number of cyclic esters (lactones) is 1. The molecule has 0 fully saturated rings. The lowest BCUT2D eigenvalue weighted by Crippen LogP contribution is -2.30. The first-order valence-corrected chi connectivity index (χ1v) is 7.28. The standard InChI is InChI=1S/C14H10N2O6S/c17-10-8(22-13(20)11(10)18)3-4-16-6-7(9-2-1-5-23-9)12(19)15-14(16)21/h1-3,5-6,17-18H,4H2,(H,15,19,21)/b8-3-. The van der Waals surface area contributed by atoms with Crippen molar-refractivity contribution in [3.63, 3.8) is 0 Å². The molecule has 118 valence electrons. The maximum atomic E-state index is 11.9. The van der Waals surface area contributed by atoms with Gasteiger partial charge < -0.3 is 14.9 Å². The van der Waals surface area contributed by atoms with Gasteiger partial charge in [-0.25, -0.2) is 9.59 Å². The van der Waals surface area contributed by atoms with E-state index in [2.05, 4.69) is 9.72 Å². The van der Waals surface area contributed by atoms with Gasteiger partial charge in [-0.1, -0.05) is 6.07 Å². The second-order valence-electron chi connectivity index (χ2n) is 4.59. The average molecular weight is 334 g/mol. The minimum absolute atomic E-state index is 0.0755. The summed E-state index contributed by atoms with van der Waals surface area (Å²) in [5, 5.41) is 20.5. The molecule has 3 heterocycles. The smallest absolute Gasteiger partial charge is 0.383 e. The molecule has 9 heteroatoms. The van der Waals surface area contributed by atoms with E-state index in [1.807, 2.05) is 0 Å². The molecule has 0 spiro atoms. The predicted octanol–water partition coefficient (Wildman–Crippen LogP) is 1.03. The summed E-state index contributed by atoms with van der Waals surface area (Å²) in [7, 11) is 0. The first-order valence-electron chi connectivity index (χ1n) is 6.40. The molecular weight excluding hydrogens is 324 g/mol. The summed E-state index contributed by atoms with van der Waals surface area (Å²) in [6.07, 6.45) is 2.62. The number of thiophene rings is 1. The maximum absolute atomic E-state index is 11.9. The number of esters is 1. The zero-order valence-electron chi connectivity index (χ0n) is 11.5. The largest absolute Gasteiger partial charge is 0.502 e. The summed E-state index contributed by atoms with van der Waals surface area (Å²) in [6.45, 7) is -0.0755. The number of carbonyl (C=O) groups is 1. The quantitative estimate of drug-likeness (QED) is 0.721. The Morgan fingerprint density at radius 3 is 2.65 bits per heavy atom. The second kappa shape index (κ2) is 5.61. The number of aromatic amines is 1. The van der Waals surface area contributed by atoms with Crippen molar-refractivity contribution in [3.8, 4) is 10.4 Å². The van der Waals surface area contributed by atoms with Gasteiger partial charge >= 0.3 is 11.7 Å². The van der Waals surface area contributed by atoms with Crippen LogP contribution in [0.5, 0.6) is 0 Å². The van der Waals surface area contributed by atoms with Crippen molar-refractivity contribution in [2.24, 2.45) is 0 Å². The van der Waals surface area contributed by atoms with Crippen LogP contribution in [-0.4, -0.2) is 25.7 Å². The first-order chi connectivity index (χ1) is 11.0. The van der Waals surface area contributed by atoms with Gasteiger partial charge in [-0.15, -0.1) is 11.3 Å². The van der Waals surface area contributed by atoms with Crippen LogP contribution >= 0.6 is 11.3 Å². The number of aliphatic hydroxyl groups excluding tert-OH is 2. The molecule has 0 unspecified atom stereocenters. The summed E-state index contributed by atoms with van der Waals surface area (Å²) in [6, 6.07) is 3.52. The Hall–Kier alpha value is -3.07. The molecule has 1 aliphatic rings. The van der Waals surface area contributed by atoms with Gasteiger partial charge in [-0.3, -0.25) is 14.3 Å². The maximum Gasteiger partial charge on any atom is 0.383 e. The Labute approximate surface area is 132 Å². The Bertz CT molecular complexity index is 948. The highest BCUT2D eigenvalue weighted by molar-refractivity contribution is 7.13. The number of carbonyl (C=O) groups excluding carboxylic acids is 1. The lowest BCUT2D eigenvalue weighted by molar-refractivity contribution is -0.135. The molecule has 3 rings (SSSR count). The molecule has 0 saturated carbocycles. The molecule has 1 aliphatic heterocycles. The van der Waals surface area contributed by atoms with Gasteiger partial charge in [0.05, 0.1) is 5.56 Å². The number of aliphatic hydroxyl groups is 2. The van der Waals surface area contributed by atoms with Crippen LogP contribution < -0.4 is 11.2 Å². The van der Waals surface area contributed by atoms with Crippen molar-refractivity contribution < 1.29 is 19.7 Å². The number of aromatic nitrogens is 2. The number of hydrogen-bond donors (Lipinski definition) is 3. The summed E-state index contributed by atoms with van der Waals surface area (Å²) < 4.78 is 5.82. The van der Waals surface area contributed by atoms with Crippen LogP contribution in [0.25, 0.3) is 10.4 Å². The molecule has 23 heavy (non-hydrogen) atoms. The predicted molar refractivity (Wildman–Crippen MR) is 81.1 cm³/mol. The zero-order chi connectivity index (χ0) is 16.6. The number of ether oxygens (including phenoxy) is 1. The third-order valence-electron chi connectivity index (χ3n) is 3.12. The van der Waals surface area contributed by atoms with Crippen LogP contribution in [-0.2, 0) is 16.1 Å². The zero-order valence-corrected chi connectivity index (χ0v) is 12.3. The lowest BCUT2D eigenvalue weighted by Gasteiger charge is -2.04. The molecule has 2 aromatic heterocycles. The van der Waals surface area contributed by atoms with Gasteiger partial charge in [-0.05, 0) is 17.5 Å². The Morgan fingerprint density at radius 1 is 1.26 bits per heavy atom. The van der Waals surface area contributed by atoms with Gasteiger partial charge in [0, 0.05) is 17.6 Å². The molecule has 0 atom stereocenters. The molecule has 0 radical (unpaired) electrons. The summed E-state index contributed by atoms with van der Waals surface area (Å²) >= 11 is 1.35. The molecule has 0 aromatic carbocycles. The monoisotopic (exact) mass is 334 g/mol. The van der Waals surface area contributed by atoms with E-state index in [1.165, 1.54) is 28.2 Å². The number of hydrogen-bond acceptors (Lipinski definition) is 7. The van der Waals surface area contributed by atoms with E-state index < -0.39 is 28.7 Å². The van der Waals surface area contributed by atoms with E-state index in [4.69, 9.17) is 0 Å². The van der Waals surface area contributed by atoms with Crippen molar-refractivity contribution in [2.45, 2.75) is 6.54 Å². The molecular formula is C14H10N2O6S. The summed E-state index contributed by atoms with van der Waals surface area (Å²) in [5.74, 6) is -2.89. The molecule has 0 aliphatic carbocycles. The number of nitrogens with one attached hydrogen (secondary N) is 1. The number of H-pyrrole nitrogens is 1. The van der Waals surface area contributed by atoms with E-state index in [9.17, 15) is 24.6 Å². The van der Waals surface area contributed by atoms with E-state index in [1.54, 1.807) is 17.5 Å². The fourth-order valence-electron chi connectivity index (χ4n) is 1.98. The van der Waals surface area contributed by atoms with Crippen molar-refractivity contribution in [1.29, 1.82) is 0 Å². The van der Waals surface area contributed by atoms with E-state index in [-0.39, 0.29) is 12.3 Å². The minimum atomic E-state index is -1.07. The van der Waals surface area contributed by atoms with E-state index in [0.29, 0.717) is 10.4 Å². The van der Waals surface area contributed by atoms with Crippen molar-refractivity contribution in [2.75, 3.05) is 0 Å². The minimum Gasteiger partial charge on any atom is -0.502 e. The van der Waals surface area contributed by atoms with Gasteiger partial charge in [0.1, 0.15) is 0 Å². The third-order valence-corrected chi connectivity index (χ3v) is 4.03. The molecule has 0 saturated heterocycles. The fourth-order valence-corrected chi connectivity index (χ4v) is 2.72. The Balaban J connectivity index is 1.96. The van der Waals surface area contributed by atoms with Crippen molar-refractivity contribution in [3.05, 3.63) is 67.9 Å². The fraction of sp³-hybridized carbons (Fsp3) is 0.0714. The van der Waals surface area contributed by atoms with E-state index >= 15 is 0 Å². The Kier molecular flexibility index (Phi) is 3.62. The highest BCUT2D eigenvalue weighted by atomic mass is 32.1. The van der Waals surface area contributed by atoms with Crippen LogP contribution in [0.15, 0.2) is 56.7 Å². The van der Waals surface area contributed by atoms with Crippen LogP contribution in [0.1, 0.15) is 0 Å². The van der Waals surface area contributed by atoms with Crippen LogP contribution in [0.2, 0.25) is 0 Å². The van der Waals surface area contributed by atoms with Gasteiger partial charge in [0.2, 0.25) is 11.5 Å². The average Bonchev–Trinajstić information content (AvgIpc) is 3.12. The highest BCUT2D eigenvalue weighted by Crippen LogP contribution is 2.22. The molecule has 3 N–H and O–H groups in total. The summed E-state index contributed by atoms with van der Waals surface area (Å²) in [5.41, 5.74) is -0.831. The molecule has 8 nitrogen and oxygen atoms in total. The lowest BCUT2D eigenvalue weighted by atomic mass is 10.3. The summed E-state index contributed by atoms with van der Waals surface area (Å²) in [4.78, 5) is 37.7. The highest BCUT2D eigenvalue weighted by Gasteiger charge is 2.29. The van der Waals surface area contributed by atoms with Crippen LogP contribution in [0.3, 0.4) is 0 Å². The molecule has 0 amide bonds. The van der Waals surface area contributed by atoms with Crippen molar-refractivity contribution >= 4 is 17.3 Å². The Morgan fingerprint density at radius 2 is 2.04 bits per heavy atom. The number of nitrogens with zero attached hydrogens (tertiary/aromatic N) is 1. The van der Waals surface area contributed by atoms with Crippen molar-refractivity contribution in [1.82, 2.24) is 9.55 Å². The topological polar surface area (TPSA) is 122 Å². The van der Waals surface area contributed by atoms with Crippen LogP contribution in [0, 0.1) is 0 Å². The van der Waals surface area contributed by atoms with E-state index in [0.717, 1.165) is 0 Å². The normalized spacial score (nSPS) is 16.2. The SMILES string of the molecule is O=C1O/C(=C\Cn2cc(-c3cccs3)c(=O)[nH]c2=O)C(O)=C1O. The first kappa shape index (κ1) is 14.9.